The standard InChI is InChI=1S/C29H38N2O3S/c1-5-30(6-2)27(32)23-7-9-24(10-8-23)28(33)31-19-20-35-29(31)17-15-26(16-18-29)34-25-13-11-22(12-14-25)21(3)4/h7-14,21,26H,5-6,15-20H2,1-4H3. The minimum Gasteiger partial charge on any atom is -0.490 e. The van der Waals surface area contributed by atoms with E-state index in [0.29, 0.717) is 30.1 Å². The van der Waals surface area contributed by atoms with Gasteiger partial charge in [-0.15, -0.1) is 11.8 Å². The average Bonchev–Trinajstić information content (AvgIpc) is 3.29. The number of hydrogen-bond acceptors (Lipinski definition) is 4. The van der Waals surface area contributed by atoms with E-state index in [2.05, 4.69) is 43.0 Å². The van der Waals surface area contributed by atoms with Gasteiger partial charge in [-0.3, -0.25) is 9.59 Å². The van der Waals surface area contributed by atoms with E-state index in [1.807, 2.05) is 37.7 Å². The molecule has 0 bridgehead atoms. The van der Waals surface area contributed by atoms with Gasteiger partial charge in [-0.25, -0.2) is 0 Å². The van der Waals surface area contributed by atoms with E-state index in [9.17, 15) is 9.59 Å². The summed E-state index contributed by atoms with van der Waals surface area (Å²) < 4.78 is 6.30. The molecule has 1 saturated carbocycles. The SMILES string of the molecule is CCN(CC)C(=O)c1ccc(C(=O)N2CCSC23CCC(Oc2ccc(C(C)C)cc2)CC3)cc1. The number of benzene rings is 2. The van der Waals surface area contributed by atoms with Crippen molar-refractivity contribution in [2.45, 2.75) is 70.3 Å². The number of carbonyl (C=O) groups is 2. The monoisotopic (exact) mass is 494 g/mol. The van der Waals surface area contributed by atoms with Crippen LogP contribution >= 0.6 is 11.8 Å². The minimum absolute atomic E-state index is 0.0133. The third kappa shape index (κ3) is 5.53. The second-order valence-corrected chi connectivity index (χ2v) is 11.3. The van der Waals surface area contributed by atoms with Crippen LogP contribution in [0.4, 0.5) is 0 Å². The van der Waals surface area contributed by atoms with Crippen LogP contribution in [-0.2, 0) is 0 Å². The van der Waals surface area contributed by atoms with E-state index >= 15 is 0 Å². The first-order valence-electron chi connectivity index (χ1n) is 13.0. The summed E-state index contributed by atoms with van der Waals surface area (Å²) in [5.74, 6) is 2.49. The third-order valence-electron chi connectivity index (χ3n) is 7.42. The Morgan fingerprint density at radius 1 is 1.00 bits per heavy atom. The molecule has 35 heavy (non-hydrogen) atoms. The second-order valence-electron chi connectivity index (χ2n) is 9.85. The van der Waals surface area contributed by atoms with Gasteiger partial charge in [0.15, 0.2) is 0 Å². The Labute approximate surface area is 214 Å². The van der Waals surface area contributed by atoms with Gasteiger partial charge in [0.05, 0.1) is 11.0 Å². The van der Waals surface area contributed by atoms with E-state index in [1.54, 1.807) is 17.0 Å². The molecule has 0 atom stereocenters. The van der Waals surface area contributed by atoms with Gasteiger partial charge in [0.2, 0.25) is 0 Å². The molecule has 1 aliphatic carbocycles. The molecule has 6 heteroatoms. The second kappa shape index (κ2) is 11.1. The predicted molar refractivity (Wildman–Crippen MR) is 143 cm³/mol. The Kier molecular flexibility index (Phi) is 8.10. The lowest BCUT2D eigenvalue weighted by Crippen LogP contribution is -2.49. The molecule has 5 nitrogen and oxygen atoms in total. The van der Waals surface area contributed by atoms with Crippen LogP contribution in [0.15, 0.2) is 48.5 Å². The number of amides is 2. The normalized spacial score (nSPS) is 22.0. The largest absolute Gasteiger partial charge is 0.490 e. The van der Waals surface area contributed by atoms with Gasteiger partial charge in [0.1, 0.15) is 5.75 Å². The van der Waals surface area contributed by atoms with E-state index in [4.69, 9.17) is 4.74 Å². The quantitative estimate of drug-likeness (QED) is 0.460. The molecule has 1 aliphatic heterocycles. The molecule has 0 radical (unpaired) electrons. The van der Waals surface area contributed by atoms with Crippen molar-refractivity contribution in [3.05, 3.63) is 65.2 Å². The molecule has 1 heterocycles. The summed E-state index contributed by atoms with van der Waals surface area (Å²) in [5, 5.41) is 0. The smallest absolute Gasteiger partial charge is 0.254 e. The first kappa shape index (κ1) is 25.6. The lowest BCUT2D eigenvalue weighted by molar-refractivity contribution is 0.0512. The van der Waals surface area contributed by atoms with Gasteiger partial charge >= 0.3 is 0 Å². The van der Waals surface area contributed by atoms with Crippen LogP contribution in [0, 0.1) is 0 Å². The summed E-state index contributed by atoms with van der Waals surface area (Å²) in [7, 11) is 0. The van der Waals surface area contributed by atoms with Crippen molar-refractivity contribution in [3.63, 3.8) is 0 Å². The van der Waals surface area contributed by atoms with Crippen LogP contribution in [0.25, 0.3) is 0 Å². The molecular formula is C29H38N2O3S. The predicted octanol–water partition coefficient (Wildman–Crippen LogP) is 6.20. The molecule has 2 amide bonds. The maximum atomic E-state index is 13.5. The van der Waals surface area contributed by atoms with Gasteiger partial charge in [-0.05, 0) is 87.4 Å². The first-order chi connectivity index (χ1) is 16.9. The molecule has 2 aromatic carbocycles. The highest BCUT2D eigenvalue weighted by Gasteiger charge is 2.47. The number of carbonyl (C=O) groups excluding carboxylic acids is 2. The molecular weight excluding hydrogens is 456 g/mol. The Balaban J connectivity index is 1.38. The summed E-state index contributed by atoms with van der Waals surface area (Å²) in [6.45, 7) is 10.5. The summed E-state index contributed by atoms with van der Waals surface area (Å²) in [6.07, 6.45) is 3.96. The van der Waals surface area contributed by atoms with E-state index in [0.717, 1.165) is 43.7 Å². The van der Waals surface area contributed by atoms with Crippen molar-refractivity contribution < 1.29 is 14.3 Å². The van der Waals surface area contributed by atoms with Crippen LogP contribution in [0.3, 0.4) is 0 Å². The minimum atomic E-state index is -0.145. The molecule has 1 saturated heterocycles. The average molecular weight is 495 g/mol. The van der Waals surface area contributed by atoms with Gasteiger partial charge in [0.25, 0.3) is 11.8 Å². The molecule has 4 rings (SSSR count). The molecule has 0 unspecified atom stereocenters. The van der Waals surface area contributed by atoms with Gasteiger partial charge in [-0.1, -0.05) is 26.0 Å². The maximum Gasteiger partial charge on any atom is 0.254 e. The molecule has 2 fully saturated rings. The Bertz CT molecular complexity index is 1010. The zero-order valence-corrected chi connectivity index (χ0v) is 22.3. The Morgan fingerprint density at radius 3 is 2.17 bits per heavy atom. The molecule has 188 valence electrons. The number of rotatable bonds is 7. The van der Waals surface area contributed by atoms with Crippen LogP contribution in [0.1, 0.15) is 85.6 Å². The van der Waals surface area contributed by atoms with Gasteiger partial charge in [-0.2, -0.15) is 0 Å². The molecule has 2 aromatic rings. The van der Waals surface area contributed by atoms with Crippen molar-refractivity contribution >= 4 is 23.6 Å². The number of hydrogen-bond donors (Lipinski definition) is 0. The van der Waals surface area contributed by atoms with Crippen LogP contribution < -0.4 is 4.74 Å². The zero-order valence-electron chi connectivity index (χ0n) is 21.5. The van der Waals surface area contributed by atoms with Crippen LogP contribution in [0.5, 0.6) is 5.75 Å². The fraction of sp³-hybridized carbons (Fsp3) is 0.517. The molecule has 0 aromatic heterocycles. The van der Waals surface area contributed by atoms with Crippen molar-refractivity contribution in [1.29, 1.82) is 0 Å². The van der Waals surface area contributed by atoms with E-state index < -0.39 is 0 Å². The number of thioether (sulfide) groups is 1. The third-order valence-corrected chi connectivity index (χ3v) is 8.97. The highest BCUT2D eigenvalue weighted by Crippen LogP contribution is 2.47. The van der Waals surface area contributed by atoms with Crippen molar-refractivity contribution in [3.8, 4) is 5.75 Å². The number of ether oxygens (including phenoxy) is 1. The fourth-order valence-corrected chi connectivity index (χ4v) is 6.71. The van der Waals surface area contributed by atoms with Crippen molar-refractivity contribution in [2.75, 3.05) is 25.4 Å². The maximum absolute atomic E-state index is 13.5. The molecule has 0 N–H and O–H groups in total. The fourth-order valence-electron chi connectivity index (χ4n) is 5.20. The Morgan fingerprint density at radius 2 is 1.60 bits per heavy atom. The summed E-state index contributed by atoms with van der Waals surface area (Å²) >= 11 is 1.92. The van der Waals surface area contributed by atoms with Crippen molar-refractivity contribution in [2.24, 2.45) is 0 Å². The molecule has 1 spiro atoms. The van der Waals surface area contributed by atoms with E-state index in [1.165, 1.54) is 5.56 Å². The van der Waals surface area contributed by atoms with Crippen LogP contribution in [0.2, 0.25) is 0 Å². The molecule has 2 aliphatic rings. The lowest BCUT2D eigenvalue weighted by Gasteiger charge is -2.42. The Hall–Kier alpha value is -2.47. The van der Waals surface area contributed by atoms with Crippen LogP contribution in [-0.4, -0.2) is 58.0 Å². The van der Waals surface area contributed by atoms with Crippen molar-refractivity contribution in [1.82, 2.24) is 9.80 Å². The summed E-state index contributed by atoms with van der Waals surface area (Å²) in [6, 6.07) is 15.7. The highest BCUT2D eigenvalue weighted by molar-refractivity contribution is 8.00. The van der Waals surface area contributed by atoms with E-state index in [-0.39, 0.29) is 22.8 Å². The number of nitrogens with zero attached hydrogens (tertiary/aromatic N) is 2. The highest BCUT2D eigenvalue weighted by atomic mass is 32.2. The lowest BCUT2D eigenvalue weighted by atomic mass is 9.90. The topological polar surface area (TPSA) is 49.9 Å². The summed E-state index contributed by atoms with van der Waals surface area (Å²) in [4.78, 5) is 29.8. The zero-order chi connectivity index (χ0) is 25.0. The first-order valence-corrected chi connectivity index (χ1v) is 14.0. The van der Waals surface area contributed by atoms with Gasteiger partial charge in [0, 0.05) is 36.5 Å². The van der Waals surface area contributed by atoms with Gasteiger partial charge < -0.3 is 14.5 Å². The summed E-state index contributed by atoms with van der Waals surface area (Å²) in [5.41, 5.74) is 2.61.